The molecule has 7 heterocycles. The van der Waals surface area contributed by atoms with Crippen molar-refractivity contribution >= 4 is 27.3 Å². The number of nitrogens with zero attached hydrogens (tertiary/aromatic N) is 5. The van der Waals surface area contributed by atoms with Gasteiger partial charge in [0.15, 0.2) is 23.2 Å². The molecular formula is C20H29N6O6S+. The Morgan fingerprint density at radius 2 is 1.85 bits per heavy atom. The fourth-order valence-corrected chi connectivity index (χ4v) is 6.25. The molecule has 2 bridgehead atoms. The number of rotatable bonds is 5. The van der Waals surface area contributed by atoms with Gasteiger partial charge in [-0.2, -0.15) is 13.4 Å². The van der Waals surface area contributed by atoms with Crippen LogP contribution >= 0.6 is 0 Å². The second-order valence-electron chi connectivity index (χ2n) is 9.98. The van der Waals surface area contributed by atoms with Gasteiger partial charge >= 0.3 is 10.3 Å². The molecule has 4 unspecified atom stereocenters. The minimum absolute atomic E-state index is 0.274. The second kappa shape index (κ2) is 7.38. The molecule has 0 amide bonds. The molecule has 5 saturated heterocycles. The van der Waals surface area contributed by atoms with Crippen molar-refractivity contribution in [1.82, 2.24) is 24.0 Å². The van der Waals surface area contributed by atoms with E-state index in [4.69, 9.17) is 28.5 Å². The lowest BCUT2D eigenvalue weighted by molar-refractivity contribution is -0.198. The van der Waals surface area contributed by atoms with Crippen LogP contribution in [0.25, 0.3) is 11.2 Å². The van der Waals surface area contributed by atoms with E-state index in [-0.39, 0.29) is 6.61 Å². The molecule has 0 aromatic carbocycles. The SMILES string of the molecule is CC1(C)OC2C(COS(N)(=O)=O)OC(n3cnc4c([N+]56CCC(CC5)CC6)ncnc43)C2O1. The molecule has 7 rings (SSSR count). The Hall–Kier alpha value is -1.74. The monoisotopic (exact) mass is 481 g/mol. The molecule has 13 heteroatoms. The average Bonchev–Trinajstić information content (AvgIpc) is 3.43. The first-order valence-corrected chi connectivity index (χ1v) is 12.8. The van der Waals surface area contributed by atoms with Crippen molar-refractivity contribution in [2.45, 2.75) is 63.4 Å². The molecule has 0 radical (unpaired) electrons. The van der Waals surface area contributed by atoms with Crippen LogP contribution in [0.2, 0.25) is 0 Å². The van der Waals surface area contributed by atoms with Gasteiger partial charge in [-0.3, -0.25) is 13.2 Å². The van der Waals surface area contributed by atoms with E-state index in [9.17, 15) is 8.42 Å². The van der Waals surface area contributed by atoms with Gasteiger partial charge in [-0.15, -0.1) is 0 Å². The molecule has 12 nitrogen and oxygen atoms in total. The van der Waals surface area contributed by atoms with Crippen molar-refractivity contribution in [1.29, 1.82) is 0 Å². The van der Waals surface area contributed by atoms with E-state index in [0.717, 1.165) is 41.4 Å². The molecular weight excluding hydrogens is 452 g/mol. The molecule has 2 N–H and O–H groups in total. The summed E-state index contributed by atoms with van der Waals surface area (Å²) in [6, 6.07) is 0. The Labute approximate surface area is 191 Å². The van der Waals surface area contributed by atoms with Gasteiger partial charge in [0, 0.05) is 19.3 Å². The van der Waals surface area contributed by atoms with Crippen LogP contribution < -0.4 is 9.62 Å². The number of aromatic nitrogens is 4. The van der Waals surface area contributed by atoms with Crippen LogP contribution in [0.3, 0.4) is 0 Å². The number of imidazole rings is 1. The third-order valence-corrected chi connectivity index (χ3v) is 7.95. The molecule has 0 saturated carbocycles. The van der Waals surface area contributed by atoms with Crippen molar-refractivity contribution in [2.24, 2.45) is 11.1 Å². The molecule has 0 aliphatic carbocycles. The Balaban J connectivity index is 1.36. The first kappa shape index (κ1) is 21.8. The lowest BCUT2D eigenvalue weighted by Gasteiger charge is -2.47. The van der Waals surface area contributed by atoms with E-state index in [0.29, 0.717) is 5.65 Å². The van der Waals surface area contributed by atoms with Gasteiger partial charge in [0.2, 0.25) is 0 Å². The molecule has 0 spiro atoms. The van der Waals surface area contributed by atoms with Crippen LogP contribution in [0, 0.1) is 5.92 Å². The van der Waals surface area contributed by atoms with E-state index in [2.05, 4.69) is 9.97 Å². The van der Waals surface area contributed by atoms with Gasteiger partial charge in [-0.25, -0.2) is 15.1 Å². The van der Waals surface area contributed by atoms with Crippen molar-refractivity contribution in [3.63, 3.8) is 0 Å². The Morgan fingerprint density at radius 1 is 1.15 bits per heavy atom. The van der Waals surface area contributed by atoms with Gasteiger partial charge in [-0.05, 0) is 19.8 Å². The Kier molecular flexibility index (Phi) is 4.87. The van der Waals surface area contributed by atoms with Crippen LogP contribution in [0.1, 0.15) is 39.3 Å². The predicted molar refractivity (Wildman–Crippen MR) is 116 cm³/mol. The molecule has 5 aliphatic rings. The molecule has 2 aromatic rings. The first-order valence-electron chi connectivity index (χ1n) is 11.4. The number of nitrogens with two attached hydrogens (primary N) is 1. The summed E-state index contributed by atoms with van der Waals surface area (Å²) < 4.78 is 48.5. The van der Waals surface area contributed by atoms with Gasteiger partial charge in [0.25, 0.3) is 5.82 Å². The van der Waals surface area contributed by atoms with Crippen molar-refractivity contribution in [2.75, 3.05) is 26.2 Å². The number of hydrogen-bond donors (Lipinski definition) is 1. The highest BCUT2D eigenvalue weighted by Gasteiger charge is 2.56. The van der Waals surface area contributed by atoms with E-state index >= 15 is 0 Å². The van der Waals surface area contributed by atoms with Crippen molar-refractivity contribution in [3.05, 3.63) is 12.7 Å². The average molecular weight is 482 g/mol. The van der Waals surface area contributed by atoms with Gasteiger partial charge < -0.3 is 14.2 Å². The summed E-state index contributed by atoms with van der Waals surface area (Å²) in [4.78, 5) is 13.9. The van der Waals surface area contributed by atoms with Crippen LogP contribution in [-0.4, -0.2) is 78.3 Å². The van der Waals surface area contributed by atoms with Crippen LogP contribution in [0.4, 0.5) is 5.82 Å². The summed E-state index contributed by atoms with van der Waals surface area (Å²) in [5, 5.41) is 5.01. The highest BCUT2D eigenvalue weighted by Crippen LogP contribution is 2.45. The van der Waals surface area contributed by atoms with E-state index < -0.39 is 40.6 Å². The minimum Gasteiger partial charge on any atom is -0.347 e. The summed E-state index contributed by atoms with van der Waals surface area (Å²) in [5.74, 6) is 0.942. The summed E-state index contributed by atoms with van der Waals surface area (Å²) >= 11 is 0. The number of fused-ring (bicyclic) bond motifs is 5. The molecule has 2 aromatic heterocycles. The molecule has 4 atom stereocenters. The molecule has 5 fully saturated rings. The summed E-state index contributed by atoms with van der Waals surface area (Å²) in [6.07, 6.45) is 4.59. The van der Waals surface area contributed by atoms with Gasteiger partial charge in [0.05, 0.1) is 32.6 Å². The van der Waals surface area contributed by atoms with Gasteiger partial charge in [0.1, 0.15) is 24.6 Å². The Morgan fingerprint density at radius 3 is 2.55 bits per heavy atom. The summed E-state index contributed by atoms with van der Waals surface area (Å²) in [7, 11) is -4.12. The highest BCUT2D eigenvalue weighted by molar-refractivity contribution is 7.84. The maximum Gasteiger partial charge on any atom is 0.333 e. The number of quaternary nitrogens is 1. The van der Waals surface area contributed by atoms with Crippen LogP contribution in [0.15, 0.2) is 12.7 Å². The zero-order chi connectivity index (χ0) is 23.0. The zero-order valence-electron chi connectivity index (χ0n) is 18.7. The van der Waals surface area contributed by atoms with E-state index in [1.165, 1.54) is 19.3 Å². The topological polar surface area (TPSA) is 141 Å². The van der Waals surface area contributed by atoms with E-state index in [1.54, 1.807) is 12.7 Å². The standard InChI is InChI=1S/C20H29N6O6S/c1-20(2)31-15-13(9-29-33(21,27)28)30-19(16(15)32-20)25-11-24-14-17(25)22-10-23-18(14)26-6-3-12(4-7-26)5-8-26/h10-13,15-16,19H,3-9H2,1-2H3,(H2,21,27,28)/q+1. The van der Waals surface area contributed by atoms with Crippen LogP contribution in [-0.2, 0) is 28.7 Å². The van der Waals surface area contributed by atoms with Crippen molar-refractivity contribution in [3.8, 4) is 0 Å². The normalized spacial score (nSPS) is 37.6. The summed E-state index contributed by atoms with van der Waals surface area (Å²) in [6.45, 7) is 6.57. The lowest BCUT2D eigenvalue weighted by Crippen LogP contribution is -2.59. The summed E-state index contributed by atoms with van der Waals surface area (Å²) in [5.41, 5.74) is 1.42. The number of hydrogen-bond acceptors (Lipinski definition) is 9. The third kappa shape index (κ3) is 3.66. The second-order valence-corrected chi connectivity index (χ2v) is 11.2. The maximum absolute atomic E-state index is 11.3. The first-order chi connectivity index (χ1) is 15.6. The largest absolute Gasteiger partial charge is 0.347 e. The minimum atomic E-state index is -4.12. The fourth-order valence-electron chi connectivity index (χ4n) is 5.93. The number of ether oxygens (including phenoxy) is 3. The van der Waals surface area contributed by atoms with Gasteiger partial charge in [-0.1, -0.05) is 0 Å². The lowest BCUT2D eigenvalue weighted by atomic mass is 9.85. The molecule has 5 aliphatic heterocycles. The predicted octanol–water partition coefficient (Wildman–Crippen LogP) is 0.585. The Bertz CT molecular complexity index is 1160. The van der Waals surface area contributed by atoms with E-state index in [1.807, 2.05) is 18.4 Å². The third-order valence-electron chi connectivity index (χ3n) is 7.48. The maximum atomic E-state index is 11.3. The quantitative estimate of drug-likeness (QED) is 0.607. The smallest absolute Gasteiger partial charge is 0.333 e. The van der Waals surface area contributed by atoms with Crippen molar-refractivity contribution < 1.29 is 26.8 Å². The molecule has 33 heavy (non-hydrogen) atoms. The zero-order valence-corrected chi connectivity index (χ0v) is 19.5. The molecule has 180 valence electrons. The highest BCUT2D eigenvalue weighted by atomic mass is 32.2. The number of piperidine rings is 3. The van der Waals surface area contributed by atoms with Crippen LogP contribution in [0.5, 0.6) is 0 Å². The fraction of sp³-hybridized carbons (Fsp3) is 0.750.